The summed E-state index contributed by atoms with van der Waals surface area (Å²) in [6.07, 6.45) is -2.23. The summed E-state index contributed by atoms with van der Waals surface area (Å²) in [5.41, 5.74) is 1.68. The molecule has 7 nitrogen and oxygen atoms in total. The molecule has 0 radical (unpaired) electrons. The van der Waals surface area contributed by atoms with Crippen molar-refractivity contribution >= 4 is 12.1 Å². The highest BCUT2D eigenvalue weighted by Gasteiger charge is 2.32. The van der Waals surface area contributed by atoms with Crippen molar-refractivity contribution in [1.82, 2.24) is 9.88 Å². The third-order valence-electron chi connectivity index (χ3n) is 5.85. The molecule has 1 unspecified atom stereocenters. The van der Waals surface area contributed by atoms with Crippen molar-refractivity contribution in [2.75, 3.05) is 6.61 Å². The summed E-state index contributed by atoms with van der Waals surface area (Å²) in [4.78, 5) is 30.1. The van der Waals surface area contributed by atoms with Crippen molar-refractivity contribution in [2.45, 2.75) is 51.9 Å². The third kappa shape index (κ3) is 7.96. The first kappa shape index (κ1) is 28.5. The van der Waals surface area contributed by atoms with Gasteiger partial charge < -0.3 is 14.6 Å². The number of carbonyl (C=O) groups is 2. The molecule has 1 atom stereocenters. The summed E-state index contributed by atoms with van der Waals surface area (Å²) >= 11 is 0. The zero-order chi connectivity index (χ0) is 27.7. The lowest BCUT2D eigenvalue weighted by atomic mass is 10.1. The maximum atomic E-state index is 13.0. The Balaban J connectivity index is 1.66. The van der Waals surface area contributed by atoms with E-state index in [-0.39, 0.29) is 18.7 Å². The molecule has 1 heterocycles. The molecule has 1 amide bonds. The molecule has 1 aromatic heterocycles. The van der Waals surface area contributed by atoms with Crippen LogP contribution in [0.1, 0.15) is 42.7 Å². The Hall–Kier alpha value is -4.08. The second-order valence-corrected chi connectivity index (χ2v) is 8.54. The number of carboxylic acids is 1. The molecule has 0 bridgehead atoms. The van der Waals surface area contributed by atoms with E-state index in [1.807, 2.05) is 18.3 Å². The van der Waals surface area contributed by atoms with Crippen molar-refractivity contribution in [3.05, 3.63) is 89.2 Å². The Kier molecular flexibility index (Phi) is 9.70. The SMILES string of the molecule is CCc1ccc(CCOc2ccc(CN(C(=O)Oc3cccc(C(F)(F)F)c3)C(CC)C(=O)O)cc2)nc1. The van der Waals surface area contributed by atoms with Gasteiger partial charge in [-0.25, -0.2) is 9.59 Å². The Bertz CT molecular complexity index is 1210. The van der Waals surface area contributed by atoms with Gasteiger partial charge in [0, 0.05) is 24.9 Å². The second kappa shape index (κ2) is 12.9. The zero-order valence-electron chi connectivity index (χ0n) is 21.1. The van der Waals surface area contributed by atoms with Crippen molar-refractivity contribution in [1.29, 1.82) is 0 Å². The van der Waals surface area contributed by atoms with Crippen LogP contribution < -0.4 is 9.47 Å². The molecule has 2 aromatic carbocycles. The van der Waals surface area contributed by atoms with E-state index in [4.69, 9.17) is 9.47 Å². The van der Waals surface area contributed by atoms with Crippen LogP contribution in [0.2, 0.25) is 0 Å². The van der Waals surface area contributed by atoms with Crippen LogP contribution in [-0.4, -0.2) is 39.7 Å². The van der Waals surface area contributed by atoms with Crippen LogP contribution in [0.4, 0.5) is 18.0 Å². The van der Waals surface area contributed by atoms with Gasteiger partial charge in [-0.2, -0.15) is 13.2 Å². The third-order valence-corrected chi connectivity index (χ3v) is 5.85. The van der Waals surface area contributed by atoms with E-state index in [9.17, 15) is 27.9 Å². The van der Waals surface area contributed by atoms with Gasteiger partial charge >= 0.3 is 18.2 Å². The smallest absolute Gasteiger partial charge is 0.416 e. The minimum atomic E-state index is -4.62. The van der Waals surface area contributed by atoms with E-state index in [0.29, 0.717) is 30.4 Å². The number of ether oxygens (including phenoxy) is 2. The molecule has 1 N–H and O–H groups in total. The van der Waals surface area contributed by atoms with Crippen LogP contribution in [0.3, 0.4) is 0 Å². The number of aromatic nitrogens is 1. The monoisotopic (exact) mass is 530 g/mol. The number of aliphatic carboxylic acids is 1. The highest BCUT2D eigenvalue weighted by molar-refractivity contribution is 5.81. The van der Waals surface area contributed by atoms with Crippen molar-refractivity contribution in [2.24, 2.45) is 0 Å². The molecule has 0 aliphatic carbocycles. The molecule has 0 aliphatic rings. The van der Waals surface area contributed by atoms with Gasteiger partial charge in [-0.1, -0.05) is 38.1 Å². The molecule has 0 saturated heterocycles. The fraction of sp³-hybridized carbons (Fsp3) is 0.321. The van der Waals surface area contributed by atoms with Gasteiger partial charge in [0.2, 0.25) is 0 Å². The van der Waals surface area contributed by atoms with Gasteiger partial charge in [0.15, 0.2) is 0 Å². The summed E-state index contributed by atoms with van der Waals surface area (Å²) < 4.78 is 50.0. The van der Waals surface area contributed by atoms with E-state index in [0.717, 1.165) is 34.7 Å². The highest BCUT2D eigenvalue weighted by Crippen LogP contribution is 2.31. The molecule has 0 saturated carbocycles. The first-order valence-electron chi connectivity index (χ1n) is 12.1. The topological polar surface area (TPSA) is 89.0 Å². The van der Waals surface area contributed by atoms with E-state index in [1.165, 1.54) is 6.07 Å². The quantitative estimate of drug-likeness (QED) is 0.320. The molecule has 202 valence electrons. The average Bonchev–Trinajstić information content (AvgIpc) is 2.89. The molecule has 3 rings (SSSR count). The fourth-order valence-electron chi connectivity index (χ4n) is 3.70. The predicted molar refractivity (Wildman–Crippen MR) is 134 cm³/mol. The van der Waals surface area contributed by atoms with Crippen LogP contribution in [0.25, 0.3) is 0 Å². The second-order valence-electron chi connectivity index (χ2n) is 8.54. The highest BCUT2D eigenvalue weighted by atomic mass is 19.4. The zero-order valence-corrected chi connectivity index (χ0v) is 21.1. The summed E-state index contributed by atoms with van der Waals surface area (Å²) in [6, 6.07) is 13.4. The Labute approximate surface area is 218 Å². The molecular weight excluding hydrogens is 501 g/mol. The van der Waals surface area contributed by atoms with Gasteiger partial charge in [0.1, 0.15) is 17.5 Å². The number of nitrogens with zero attached hydrogens (tertiary/aromatic N) is 2. The van der Waals surface area contributed by atoms with Crippen molar-refractivity contribution < 1.29 is 37.3 Å². The number of alkyl halides is 3. The van der Waals surface area contributed by atoms with Gasteiger partial charge in [-0.05, 0) is 60.4 Å². The fourth-order valence-corrected chi connectivity index (χ4v) is 3.70. The van der Waals surface area contributed by atoms with Gasteiger partial charge in [0.05, 0.1) is 12.2 Å². The molecule has 0 spiro atoms. The van der Waals surface area contributed by atoms with Crippen LogP contribution in [0.15, 0.2) is 66.9 Å². The number of aryl methyl sites for hydroxylation is 1. The molecule has 0 aliphatic heterocycles. The first-order chi connectivity index (χ1) is 18.1. The number of carbonyl (C=O) groups excluding carboxylic acids is 1. The summed E-state index contributed by atoms with van der Waals surface area (Å²) in [6.45, 7) is 3.93. The number of pyridine rings is 1. The minimum Gasteiger partial charge on any atom is -0.493 e. The maximum Gasteiger partial charge on any atom is 0.416 e. The number of amides is 1. The predicted octanol–water partition coefficient (Wildman–Crippen LogP) is 6.15. The number of rotatable bonds is 11. The van der Waals surface area contributed by atoms with Gasteiger partial charge in [0.25, 0.3) is 0 Å². The van der Waals surface area contributed by atoms with Crippen molar-refractivity contribution in [3.63, 3.8) is 0 Å². The van der Waals surface area contributed by atoms with E-state index in [2.05, 4.69) is 11.9 Å². The lowest BCUT2D eigenvalue weighted by Gasteiger charge is -2.27. The Morgan fingerprint density at radius 2 is 1.71 bits per heavy atom. The van der Waals surface area contributed by atoms with E-state index >= 15 is 0 Å². The number of benzene rings is 2. The average molecular weight is 531 g/mol. The van der Waals surface area contributed by atoms with E-state index < -0.39 is 29.8 Å². The molecule has 38 heavy (non-hydrogen) atoms. The Morgan fingerprint density at radius 3 is 2.29 bits per heavy atom. The van der Waals surface area contributed by atoms with Crippen LogP contribution >= 0.6 is 0 Å². The van der Waals surface area contributed by atoms with Crippen LogP contribution in [0.5, 0.6) is 11.5 Å². The molecule has 0 fully saturated rings. The molecular formula is C28H29F3N2O5. The molecule has 10 heteroatoms. The first-order valence-corrected chi connectivity index (χ1v) is 12.1. The molecule has 3 aromatic rings. The van der Waals surface area contributed by atoms with Gasteiger partial charge in [-0.15, -0.1) is 0 Å². The Morgan fingerprint density at radius 1 is 1.00 bits per heavy atom. The number of halogens is 3. The lowest BCUT2D eigenvalue weighted by molar-refractivity contribution is -0.142. The van der Waals surface area contributed by atoms with Crippen LogP contribution in [-0.2, 0) is 30.4 Å². The lowest BCUT2D eigenvalue weighted by Crippen LogP contribution is -2.45. The normalized spacial score (nSPS) is 12.0. The van der Waals surface area contributed by atoms with Gasteiger partial charge in [-0.3, -0.25) is 9.88 Å². The van der Waals surface area contributed by atoms with Crippen LogP contribution in [0, 0.1) is 0 Å². The standard InChI is InChI=1S/C28H29F3N2O5/c1-3-19-8-11-22(32-17-19)14-15-37-23-12-9-20(10-13-23)18-33(25(4-2)26(34)35)27(36)38-24-7-5-6-21(16-24)28(29,30)31/h5-13,16-17,25H,3-4,14-15,18H2,1-2H3,(H,34,35). The number of hydrogen-bond donors (Lipinski definition) is 1. The van der Waals surface area contributed by atoms with E-state index in [1.54, 1.807) is 31.2 Å². The summed E-state index contributed by atoms with van der Waals surface area (Å²) in [7, 11) is 0. The largest absolute Gasteiger partial charge is 0.493 e. The number of carboxylic acid groups (broad SMARTS) is 1. The number of hydrogen-bond acceptors (Lipinski definition) is 5. The van der Waals surface area contributed by atoms with Crippen molar-refractivity contribution in [3.8, 4) is 11.5 Å². The minimum absolute atomic E-state index is 0.0709. The summed E-state index contributed by atoms with van der Waals surface area (Å²) in [5, 5.41) is 9.63. The maximum absolute atomic E-state index is 13.0. The summed E-state index contributed by atoms with van der Waals surface area (Å²) in [5.74, 6) is -1.01.